The molecule has 0 fully saturated rings. The molecule has 5 heterocycles. The third-order valence-corrected chi connectivity index (χ3v) is 26.3. The smallest absolute Gasteiger partial charge is 0.192 e. The molecule has 9 rings (SSSR count). The monoisotopic (exact) mass is 1120 g/mol. The number of benzene rings is 4. The Hall–Kier alpha value is -6.33. The van der Waals surface area contributed by atoms with E-state index >= 15 is 0 Å². The molecule has 2 aliphatic rings. The van der Waals surface area contributed by atoms with E-state index in [0.717, 1.165) is 66.1 Å². The zero-order valence-corrected chi connectivity index (χ0v) is 54.8. The minimum absolute atomic E-state index is 0.000593. The largest absolute Gasteiger partial charge is 0.412 e. The first-order chi connectivity index (χ1) is 36.9. The number of aromatic amines is 2. The van der Waals surface area contributed by atoms with E-state index in [4.69, 9.17) is 38.8 Å². The normalized spacial score (nSPS) is 13.8. The molecule has 7 aromatic rings. The quantitative estimate of drug-likeness (QED) is 0.124. The van der Waals surface area contributed by atoms with Crippen LogP contribution in [0.15, 0.2) is 83.9 Å². The number of fused-ring (bicyclic) bond motifs is 20. The molecule has 416 valence electrons. The zero-order chi connectivity index (χ0) is 58.5. The predicted molar refractivity (Wildman–Crippen MR) is 343 cm³/mol. The third kappa shape index (κ3) is 12.0. The van der Waals surface area contributed by atoms with Crippen molar-refractivity contribution in [2.45, 2.75) is 176 Å². The topological polar surface area (TPSA) is 127 Å². The molecule has 0 unspecified atom stereocenters. The molecule has 4 aromatic carbocycles. The van der Waals surface area contributed by atoms with Crippen molar-refractivity contribution in [2.24, 2.45) is 0 Å². The highest BCUT2D eigenvalue weighted by molar-refractivity contribution is 6.84. The van der Waals surface area contributed by atoms with Gasteiger partial charge in [0.15, 0.2) is 39.9 Å². The van der Waals surface area contributed by atoms with Crippen molar-refractivity contribution in [3.05, 3.63) is 106 Å². The van der Waals surface area contributed by atoms with Crippen LogP contribution < -0.4 is 0 Å². The Bertz CT molecular complexity index is 3980. The predicted octanol–water partition coefficient (Wildman–Crippen LogP) is 17.3. The molecule has 2 aliphatic heterocycles. The van der Waals surface area contributed by atoms with Crippen LogP contribution in [0.4, 0.5) is 0 Å². The lowest BCUT2D eigenvalue weighted by atomic mass is 9.85. The fourth-order valence-corrected chi connectivity index (χ4v) is 11.4. The second-order valence-corrected chi connectivity index (χ2v) is 43.6. The summed E-state index contributed by atoms with van der Waals surface area (Å²) in [6, 6.07) is 25.9. The Morgan fingerprint density at radius 2 is 0.787 bits per heavy atom. The van der Waals surface area contributed by atoms with Gasteiger partial charge in [-0.05, 0) is 106 Å². The Kier molecular flexibility index (Phi) is 14.8. The van der Waals surface area contributed by atoms with Gasteiger partial charge in [-0.15, -0.1) is 5.54 Å². The van der Waals surface area contributed by atoms with Crippen LogP contribution in [0.25, 0.3) is 89.7 Å². The average molecular weight is 1120 g/mol. The maximum atomic E-state index is 6.99. The fraction of sp³-hybridized carbons (Fsp3) is 0.433. The van der Waals surface area contributed by atoms with Crippen molar-refractivity contribution in [3.8, 4) is 68.9 Å². The van der Waals surface area contributed by atoms with E-state index in [1.54, 1.807) is 0 Å². The van der Waals surface area contributed by atoms with Gasteiger partial charge in [-0.2, -0.15) is 0 Å². The minimum Gasteiger partial charge on any atom is -0.412 e. The maximum Gasteiger partial charge on any atom is 0.192 e. The SMILES string of the molecule is CC(C)(C)c1ccc2c(c1)-c1nc3nc(nc4[nH]c(nc5[nH]c(nc-2n1)c1cc(C(C)(C)C)ccc51)c1ccc(C(C)(C)C)cc41)-c1ccc(C#C/C(CO[Si](C)(C)C(C)(C)C)=C(/C#C[Si](C)(C)C)CO[Si](C)(C)C(C)(C)C)cc1-3. The van der Waals surface area contributed by atoms with E-state index in [1.807, 2.05) is 0 Å². The summed E-state index contributed by atoms with van der Waals surface area (Å²) in [5.74, 6) is 13.0. The van der Waals surface area contributed by atoms with E-state index in [2.05, 4.69) is 256 Å². The van der Waals surface area contributed by atoms with Crippen LogP contribution in [-0.2, 0) is 25.1 Å². The number of nitrogens with one attached hydrogen (secondary N) is 2. The number of rotatable bonds is 6. The van der Waals surface area contributed by atoms with Gasteiger partial charge in [0.1, 0.15) is 30.7 Å². The van der Waals surface area contributed by atoms with Crippen LogP contribution in [0.5, 0.6) is 0 Å². The van der Waals surface area contributed by atoms with Crippen molar-refractivity contribution >= 4 is 68.8 Å². The van der Waals surface area contributed by atoms with Crippen LogP contribution in [0.2, 0.25) is 55.9 Å². The third-order valence-electron chi connectivity index (χ3n) is 16.5. The molecule has 2 N–H and O–H groups in total. The molecule has 80 heavy (non-hydrogen) atoms. The molecule has 0 aliphatic carbocycles. The number of hydrogen-bond donors (Lipinski definition) is 2. The van der Waals surface area contributed by atoms with Crippen molar-refractivity contribution < 1.29 is 8.85 Å². The van der Waals surface area contributed by atoms with Crippen LogP contribution in [0, 0.1) is 23.3 Å². The molecule has 0 spiro atoms. The maximum absolute atomic E-state index is 6.99. The molecule has 0 radical (unpaired) electrons. The van der Waals surface area contributed by atoms with Crippen LogP contribution in [-0.4, -0.2) is 77.8 Å². The van der Waals surface area contributed by atoms with E-state index in [-0.39, 0.29) is 26.3 Å². The molecule has 13 heteroatoms. The van der Waals surface area contributed by atoms with Crippen LogP contribution in [0.1, 0.15) is 126 Å². The second-order valence-electron chi connectivity index (χ2n) is 29.2. The number of nitrogens with zero attached hydrogens (tertiary/aromatic N) is 6. The summed E-state index contributed by atoms with van der Waals surface area (Å²) in [6.45, 7) is 50.4. The van der Waals surface area contributed by atoms with Gasteiger partial charge in [-0.1, -0.05) is 178 Å². The molecular weight excluding hydrogens is 1030 g/mol. The fourth-order valence-electron chi connectivity index (χ4n) is 9.02. The lowest BCUT2D eigenvalue weighted by molar-refractivity contribution is 0.308. The summed E-state index contributed by atoms with van der Waals surface area (Å²) in [7, 11) is -6.18. The number of H-pyrrole nitrogens is 2. The standard InChI is InChI=1S/C67H84N8O2Si3/c1-63(2,3)44-26-30-48-52(36-44)60-70-55-47-29-24-41(23-25-42(39-76-79(19,20)66(10,11)12)43(33-34-78(16,17)18)40-77-80(21,22)67(13,14)15)35-51(47)59(69-55)75-62-54-38-46(65(7,8)9)28-32-50(54)58(74-62)73-61-53-37-45(64(4,5)6)27-31-49(53)57(72-61)68-56(48)71-60/h24,26-32,35-38H,39-40H2,1-22H3,(H2,68,69,70,71,72,73,74,75)/b43-42+. The molecule has 0 amide bonds. The molecule has 0 saturated carbocycles. The van der Waals surface area contributed by atoms with Crippen molar-refractivity contribution in [3.63, 3.8) is 0 Å². The Morgan fingerprint density at radius 3 is 1.21 bits per heavy atom. The van der Waals surface area contributed by atoms with E-state index in [1.165, 1.54) is 11.1 Å². The highest BCUT2D eigenvalue weighted by Crippen LogP contribution is 2.42. The zero-order valence-electron chi connectivity index (χ0n) is 51.8. The van der Waals surface area contributed by atoms with Crippen molar-refractivity contribution in [1.82, 2.24) is 39.9 Å². The van der Waals surface area contributed by atoms with Gasteiger partial charge >= 0.3 is 0 Å². The lowest BCUT2D eigenvalue weighted by Gasteiger charge is -2.37. The second kappa shape index (κ2) is 20.3. The number of aromatic nitrogens is 8. The summed E-state index contributed by atoms with van der Waals surface area (Å²) in [5.41, 5.74) is 15.5. The molecule has 0 saturated heterocycles. The van der Waals surface area contributed by atoms with Gasteiger partial charge in [0, 0.05) is 60.5 Å². The summed E-state index contributed by atoms with van der Waals surface area (Å²) in [4.78, 5) is 39.6. The lowest BCUT2D eigenvalue weighted by Crippen LogP contribution is -2.42. The first-order valence-corrected chi connectivity index (χ1v) is 37.6. The van der Waals surface area contributed by atoms with Crippen LogP contribution >= 0.6 is 0 Å². The Morgan fingerprint density at radius 1 is 0.412 bits per heavy atom. The summed E-state index contributed by atoms with van der Waals surface area (Å²) < 4.78 is 13.9. The van der Waals surface area contributed by atoms with Gasteiger partial charge in [0.25, 0.3) is 0 Å². The molecule has 8 bridgehead atoms. The Labute approximate surface area is 479 Å². The van der Waals surface area contributed by atoms with Crippen LogP contribution in [0.3, 0.4) is 0 Å². The van der Waals surface area contributed by atoms with E-state index in [0.29, 0.717) is 59.1 Å². The molecular formula is C67H84N8O2Si3. The Balaban J connectivity index is 1.34. The summed E-state index contributed by atoms with van der Waals surface area (Å²) in [6.07, 6.45) is 0. The highest BCUT2D eigenvalue weighted by Gasteiger charge is 2.39. The summed E-state index contributed by atoms with van der Waals surface area (Å²) in [5, 5.41) is 3.83. The average Bonchev–Trinajstić information content (AvgIpc) is 4.20. The molecule has 10 nitrogen and oxygen atoms in total. The first kappa shape index (κ1) is 58.3. The highest BCUT2D eigenvalue weighted by atomic mass is 28.4. The van der Waals surface area contributed by atoms with E-state index < -0.39 is 24.7 Å². The van der Waals surface area contributed by atoms with E-state index in [9.17, 15) is 0 Å². The van der Waals surface area contributed by atoms with Gasteiger partial charge in [-0.3, -0.25) is 0 Å². The minimum atomic E-state index is -2.21. The number of hydrogen-bond acceptors (Lipinski definition) is 8. The van der Waals surface area contributed by atoms with Crippen molar-refractivity contribution in [1.29, 1.82) is 0 Å². The first-order valence-electron chi connectivity index (χ1n) is 28.3. The van der Waals surface area contributed by atoms with Crippen molar-refractivity contribution in [2.75, 3.05) is 13.2 Å². The molecule has 3 aromatic heterocycles. The van der Waals surface area contributed by atoms with Gasteiger partial charge in [0.2, 0.25) is 0 Å². The molecule has 0 atom stereocenters. The van der Waals surface area contributed by atoms with Gasteiger partial charge in [0.05, 0.1) is 13.2 Å². The van der Waals surface area contributed by atoms with Gasteiger partial charge < -0.3 is 18.8 Å². The van der Waals surface area contributed by atoms with Gasteiger partial charge in [-0.25, -0.2) is 29.9 Å². The summed E-state index contributed by atoms with van der Waals surface area (Å²) >= 11 is 0.